The van der Waals surface area contributed by atoms with Crippen LogP contribution in [0.3, 0.4) is 0 Å². The molecule has 0 radical (unpaired) electrons. The van der Waals surface area contributed by atoms with Gasteiger partial charge < -0.3 is 10.6 Å². The minimum atomic E-state index is -0.147. The van der Waals surface area contributed by atoms with E-state index in [-0.39, 0.29) is 6.03 Å². The molecule has 2 N–H and O–H groups in total. The van der Waals surface area contributed by atoms with Crippen molar-refractivity contribution in [2.75, 3.05) is 11.9 Å². The SMILES string of the molecule is CCCCNC(=O)Nc1cc(C)cc(Br)c1. The first-order chi connectivity index (χ1) is 7.61. The summed E-state index contributed by atoms with van der Waals surface area (Å²) in [4.78, 5) is 11.5. The molecule has 0 aliphatic heterocycles. The monoisotopic (exact) mass is 284 g/mol. The Morgan fingerprint density at radius 3 is 2.75 bits per heavy atom. The van der Waals surface area contributed by atoms with Gasteiger partial charge in [-0.1, -0.05) is 29.3 Å². The van der Waals surface area contributed by atoms with E-state index in [9.17, 15) is 4.79 Å². The molecular weight excluding hydrogens is 268 g/mol. The van der Waals surface area contributed by atoms with Gasteiger partial charge in [-0.3, -0.25) is 0 Å². The fraction of sp³-hybridized carbons (Fsp3) is 0.417. The highest BCUT2D eigenvalue weighted by Crippen LogP contribution is 2.18. The molecule has 0 atom stereocenters. The molecule has 3 nitrogen and oxygen atoms in total. The van der Waals surface area contributed by atoms with Gasteiger partial charge in [0, 0.05) is 16.7 Å². The van der Waals surface area contributed by atoms with Crippen LogP contribution in [0.25, 0.3) is 0 Å². The minimum Gasteiger partial charge on any atom is -0.338 e. The second-order valence-corrected chi connectivity index (χ2v) is 4.67. The van der Waals surface area contributed by atoms with Crippen LogP contribution in [-0.2, 0) is 0 Å². The zero-order valence-electron chi connectivity index (χ0n) is 9.64. The number of halogens is 1. The van der Waals surface area contributed by atoms with Gasteiger partial charge in [0.1, 0.15) is 0 Å². The molecule has 1 aromatic carbocycles. The summed E-state index contributed by atoms with van der Waals surface area (Å²) in [6.45, 7) is 4.80. The van der Waals surface area contributed by atoms with Crippen molar-refractivity contribution in [3.8, 4) is 0 Å². The number of urea groups is 1. The minimum absolute atomic E-state index is 0.147. The first kappa shape index (κ1) is 13.0. The molecule has 88 valence electrons. The lowest BCUT2D eigenvalue weighted by molar-refractivity contribution is 0.252. The van der Waals surface area contributed by atoms with Gasteiger partial charge in [0.25, 0.3) is 0 Å². The number of hydrogen-bond acceptors (Lipinski definition) is 1. The molecule has 1 aromatic rings. The summed E-state index contributed by atoms with van der Waals surface area (Å²) in [5.74, 6) is 0. The molecule has 0 saturated heterocycles. The van der Waals surface area contributed by atoms with E-state index in [1.54, 1.807) is 0 Å². The fourth-order valence-corrected chi connectivity index (χ4v) is 1.97. The van der Waals surface area contributed by atoms with Crippen molar-refractivity contribution in [1.29, 1.82) is 0 Å². The molecule has 2 amide bonds. The molecule has 4 heteroatoms. The maximum atomic E-state index is 11.5. The molecule has 0 aliphatic rings. The summed E-state index contributed by atoms with van der Waals surface area (Å²) in [6, 6.07) is 5.67. The molecule has 16 heavy (non-hydrogen) atoms. The third-order valence-corrected chi connectivity index (χ3v) is 2.57. The molecule has 0 saturated carbocycles. The van der Waals surface area contributed by atoms with Gasteiger partial charge in [-0.25, -0.2) is 4.79 Å². The average molecular weight is 285 g/mol. The largest absolute Gasteiger partial charge is 0.338 e. The number of carbonyl (C=O) groups is 1. The summed E-state index contributed by atoms with van der Waals surface area (Å²) in [5.41, 5.74) is 1.92. The van der Waals surface area contributed by atoms with Gasteiger partial charge in [-0.05, 0) is 37.1 Å². The summed E-state index contributed by atoms with van der Waals surface area (Å²) in [5, 5.41) is 5.61. The van der Waals surface area contributed by atoms with E-state index in [2.05, 4.69) is 33.5 Å². The molecular formula is C12H17BrN2O. The summed E-state index contributed by atoms with van der Waals surface area (Å²) < 4.78 is 0.969. The number of amides is 2. The first-order valence-corrected chi connectivity index (χ1v) is 6.23. The topological polar surface area (TPSA) is 41.1 Å². The van der Waals surface area contributed by atoms with Crippen LogP contribution in [-0.4, -0.2) is 12.6 Å². The van der Waals surface area contributed by atoms with Gasteiger partial charge >= 0.3 is 6.03 Å². The third-order valence-electron chi connectivity index (χ3n) is 2.12. The summed E-state index contributed by atoms with van der Waals surface area (Å²) >= 11 is 3.40. The molecule has 0 heterocycles. The van der Waals surface area contributed by atoms with Crippen molar-refractivity contribution >= 4 is 27.6 Å². The van der Waals surface area contributed by atoms with Crippen molar-refractivity contribution in [3.63, 3.8) is 0 Å². The average Bonchev–Trinajstić information content (AvgIpc) is 2.16. The molecule has 0 unspecified atom stereocenters. The lowest BCUT2D eigenvalue weighted by atomic mass is 10.2. The smallest absolute Gasteiger partial charge is 0.319 e. The van der Waals surface area contributed by atoms with E-state index in [1.807, 2.05) is 25.1 Å². The predicted octanol–water partition coefficient (Wildman–Crippen LogP) is 3.68. The van der Waals surface area contributed by atoms with Crippen LogP contribution >= 0.6 is 15.9 Å². The van der Waals surface area contributed by atoms with E-state index in [1.165, 1.54) is 0 Å². The van der Waals surface area contributed by atoms with Crippen LogP contribution in [0.1, 0.15) is 25.3 Å². The highest BCUT2D eigenvalue weighted by atomic mass is 79.9. The van der Waals surface area contributed by atoms with Gasteiger partial charge in [-0.2, -0.15) is 0 Å². The van der Waals surface area contributed by atoms with Crippen molar-refractivity contribution in [2.45, 2.75) is 26.7 Å². The second-order valence-electron chi connectivity index (χ2n) is 3.75. The summed E-state index contributed by atoms with van der Waals surface area (Å²) in [7, 11) is 0. The Morgan fingerprint density at radius 2 is 2.12 bits per heavy atom. The second kappa shape index (κ2) is 6.53. The molecule has 0 spiro atoms. The number of aryl methyl sites for hydroxylation is 1. The highest BCUT2D eigenvalue weighted by Gasteiger charge is 2.01. The first-order valence-electron chi connectivity index (χ1n) is 5.44. The van der Waals surface area contributed by atoms with Gasteiger partial charge in [0.05, 0.1) is 0 Å². The van der Waals surface area contributed by atoms with Crippen LogP contribution in [0.5, 0.6) is 0 Å². The quantitative estimate of drug-likeness (QED) is 0.814. The maximum absolute atomic E-state index is 11.5. The van der Waals surface area contributed by atoms with Crippen molar-refractivity contribution in [1.82, 2.24) is 5.32 Å². The van der Waals surface area contributed by atoms with Crippen LogP contribution in [0.2, 0.25) is 0 Å². The normalized spacial score (nSPS) is 9.94. The van der Waals surface area contributed by atoms with Crippen LogP contribution in [0, 0.1) is 6.92 Å². The van der Waals surface area contributed by atoms with E-state index >= 15 is 0 Å². The lowest BCUT2D eigenvalue weighted by Crippen LogP contribution is -2.29. The summed E-state index contributed by atoms with van der Waals surface area (Å²) in [6.07, 6.45) is 2.08. The fourth-order valence-electron chi connectivity index (χ4n) is 1.36. The maximum Gasteiger partial charge on any atom is 0.319 e. The Labute approximate surface area is 105 Å². The van der Waals surface area contributed by atoms with Crippen molar-refractivity contribution in [2.24, 2.45) is 0 Å². The Kier molecular flexibility index (Phi) is 5.32. The van der Waals surface area contributed by atoms with Crippen LogP contribution in [0.15, 0.2) is 22.7 Å². The predicted molar refractivity (Wildman–Crippen MR) is 70.8 cm³/mol. The van der Waals surface area contributed by atoms with Crippen molar-refractivity contribution in [3.05, 3.63) is 28.2 Å². The molecule has 0 fully saturated rings. The number of anilines is 1. The van der Waals surface area contributed by atoms with E-state index in [0.29, 0.717) is 0 Å². The Hall–Kier alpha value is -1.03. The molecule has 0 bridgehead atoms. The van der Waals surface area contributed by atoms with E-state index in [4.69, 9.17) is 0 Å². The lowest BCUT2D eigenvalue weighted by Gasteiger charge is -2.08. The number of hydrogen-bond donors (Lipinski definition) is 2. The molecule has 1 rings (SSSR count). The van der Waals surface area contributed by atoms with E-state index < -0.39 is 0 Å². The highest BCUT2D eigenvalue weighted by molar-refractivity contribution is 9.10. The number of carbonyl (C=O) groups excluding carboxylic acids is 1. The third kappa shape index (κ3) is 4.66. The zero-order valence-corrected chi connectivity index (χ0v) is 11.2. The van der Waals surface area contributed by atoms with Gasteiger partial charge in [-0.15, -0.1) is 0 Å². The molecule has 0 aliphatic carbocycles. The Bertz CT molecular complexity index is 346. The number of unbranched alkanes of at least 4 members (excludes halogenated alkanes) is 1. The van der Waals surface area contributed by atoms with Crippen LogP contribution < -0.4 is 10.6 Å². The molecule has 0 aromatic heterocycles. The van der Waals surface area contributed by atoms with E-state index in [0.717, 1.165) is 35.1 Å². The van der Waals surface area contributed by atoms with Crippen molar-refractivity contribution < 1.29 is 4.79 Å². The van der Waals surface area contributed by atoms with Gasteiger partial charge in [0.15, 0.2) is 0 Å². The Balaban J connectivity index is 2.49. The van der Waals surface area contributed by atoms with Gasteiger partial charge in [0.2, 0.25) is 0 Å². The standard InChI is InChI=1S/C12H17BrN2O/c1-3-4-5-14-12(16)15-11-7-9(2)6-10(13)8-11/h6-8H,3-5H2,1-2H3,(H2,14,15,16). The number of rotatable bonds is 4. The zero-order chi connectivity index (χ0) is 12.0. The van der Waals surface area contributed by atoms with Crippen LogP contribution in [0.4, 0.5) is 10.5 Å². The Morgan fingerprint density at radius 1 is 1.38 bits per heavy atom. The number of nitrogens with one attached hydrogen (secondary N) is 2. The number of benzene rings is 1.